The van der Waals surface area contributed by atoms with Crippen molar-refractivity contribution in [1.29, 1.82) is 0 Å². The highest BCUT2D eigenvalue weighted by Gasteiger charge is 2.31. The summed E-state index contributed by atoms with van der Waals surface area (Å²) < 4.78 is 8.58. The minimum atomic E-state index is -0.101. The number of aromatic amines is 1. The van der Waals surface area contributed by atoms with Crippen molar-refractivity contribution < 1.29 is 9.53 Å². The number of pyridine rings is 1. The standard InChI is InChI=1S/C21H21N5O3/c1-24-18-4-3-8-22-19(18)26(21(24)28)14-7-9-25(12-14)20(27)17-10-13-5-6-15(29-2)11-16(13)23-17/h3-6,8,10-11,14,23H,7,9,12H2,1-2H3. The van der Waals surface area contributed by atoms with Crippen molar-refractivity contribution >= 4 is 28.0 Å². The molecule has 1 aromatic carbocycles. The van der Waals surface area contributed by atoms with Gasteiger partial charge in [0, 0.05) is 43.3 Å². The molecular weight excluding hydrogens is 370 g/mol. The predicted octanol–water partition coefficient (Wildman–Crippen LogP) is 2.31. The van der Waals surface area contributed by atoms with Crippen LogP contribution < -0.4 is 10.4 Å². The average Bonchev–Trinajstić information content (AvgIpc) is 3.44. The van der Waals surface area contributed by atoms with Crippen LogP contribution in [0.15, 0.2) is 47.4 Å². The van der Waals surface area contributed by atoms with Crippen LogP contribution in [0.1, 0.15) is 23.0 Å². The number of benzene rings is 1. The number of H-pyrrole nitrogens is 1. The van der Waals surface area contributed by atoms with Gasteiger partial charge in [0.1, 0.15) is 11.4 Å². The van der Waals surface area contributed by atoms with Crippen LogP contribution in [-0.2, 0) is 7.05 Å². The SMILES string of the molecule is COc1ccc2cc(C(=O)N3CCC(n4c(=O)n(C)c5cccnc54)C3)[nH]c2c1. The monoisotopic (exact) mass is 391 g/mol. The Hall–Kier alpha value is -3.55. The number of methoxy groups -OCH3 is 1. The highest BCUT2D eigenvalue weighted by atomic mass is 16.5. The summed E-state index contributed by atoms with van der Waals surface area (Å²) in [7, 11) is 3.37. The van der Waals surface area contributed by atoms with Crippen LogP contribution in [0.25, 0.3) is 22.1 Å². The summed E-state index contributed by atoms with van der Waals surface area (Å²) in [6.07, 6.45) is 2.41. The number of ether oxygens (including phenoxy) is 1. The zero-order valence-corrected chi connectivity index (χ0v) is 16.3. The number of imidazole rings is 1. The summed E-state index contributed by atoms with van der Waals surface area (Å²) in [5.41, 5.74) is 2.76. The van der Waals surface area contributed by atoms with Crippen LogP contribution in [0.5, 0.6) is 5.75 Å². The molecular formula is C21H21N5O3. The van der Waals surface area contributed by atoms with E-state index in [1.165, 1.54) is 0 Å². The number of amides is 1. The summed E-state index contributed by atoms with van der Waals surface area (Å²) in [6.45, 7) is 1.07. The molecule has 1 N–H and O–H groups in total. The number of carbonyl (C=O) groups is 1. The number of aryl methyl sites for hydroxylation is 1. The smallest absolute Gasteiger partial charge is 0.330 e. The molecule has 1 aliphatic rings. The predicted molar refractivity (Wildman–Crippen MR) is 109 cm³/mol. The Morgan fingerprint density at radius 3 is 2.97 bits per heavy atom. The lowest BCUT2D eigenvalue weighted by Crippen LogP contribution is -2.32. The van der Waals surface area contributed by atoms with Crippen LogP contribution in [-0.4, -0.2) is 50.1 Å². The minimum Gasteiger partial charge on any atom is -0.497 e. The van der Waals surface area contributed by atoms with Gasteiger partial charge in [-0.15, -0.1) is 0 Å². The second-order valence-electron chi connectivity index (χ2n) is 7.39. The Labute approximate surface area is 166 Å². The van der Waals surface area contributed by atoms with E-state index in [1.54, 1.807) is 34.4 Å². The molecule has 1 unspecified atom stereocenters. The second-order valence-corrected chi connectivity index (χ2v) is 7.39. The van der Waals surface area contributed by atoms with Crippen LogP contribution in [0, 0.1) is 0 Å². The molecule has 1 fully saturated rings. The lowest BCUT2D eigenvalue weighted by atomic mass is 10.2. The van der Waals surface area contributed by atoms with Crippen molar-refractivity contribution in [3.63, 3.8) is 0 Å². The van der Waals surface area contributed by atoms with Crippen molar-refractivity contribution in [2.24, 2.45) is 7.05 Å². The van der Waals surface area contributed by atoms with Crippen molar-refractivity contribution in [3.8, 4) is 5.75 Å². The van der Waals surface area contributed by atoms with Gasteiger partial charge >= 0.3 is 5.69 Å². The molecule has 0 bridgehead atoms. The quantitative estimate of drug-likeness (QED) is 0.581. The van der Waals surface area contributed by atoms with Crippen molar-refractivity contribution in [3.05, 3.63) is 58.8 Å². The molecule has 4 aromatic rings. The van der Waals surface area contributed by atoms with Gasteiger partial charge in [0.25, 0.3) is 5.91 Å². The van der Waals surface area contributed by atoms with E-state index in [0.717, 1.165) is 28.6 Å². The molecule has 8 nitrogen and oxygen atoms in total. The van der Waals surface area contributed by atoms with Gasteiger partial charge in [-0.2, -0.15) is 0 Å². The molecule has 3 aromatic heterocycles. The Kier molecular flexibility index (Phi) is 3.94. The summed E-state index contributed by atoms with van der Waals surface area (Å²) in [6, 6.07) is 11.1. The molecule has 4 heterocycles. The second kappa shape index (κ2) is 6.51. The average molecular weight is 391 g/mol. The van der Waals surface area contributed by atoms with E-state index in [0.29, 0.717) is 24.4 Å². The maximum atomic E-state index is 13.1. The third-order valence-corrected chi connectivity index (χ3v) is 5.72. The maximum absolute atomic E-state index is 13.1. The Morgan fingerprint density at radius 1 is 1.28 bits per heavy atom. The summed E-state index contributed by atoms with van der Waals surface area (Å²) in [5.74, 6) is 0.673. The Balaban J connectivity index is 1.43. The van der Waals surface area contributed by atoms with Gasteiger partial charge < -0.3 is 14.6 Å². The van der Waals surface area contributed by atoms with Gasteiger partial charge in [0.05, 0.1) is 18.7 Å². The summed E-state index contributed by atoms with van der Waals surface area (Å²) >= 11 is 0. The van der Waals surface area contributed by atoms with Crippen molar-refractivity contribution in [1.82, 2.24) is 24.0 Å². The van der Waals surface area contributed by atoms with Crippen molar-refractivity contribution in [2.75, 3.05) is 20.2 Å². The molecule has 8 heteroatoms. The van der Waals surface area contributed by atoms with E-state index in [4.69, 9.17) is 4.74 Å². The molecule has 1 amide bonds. The zero-order valence-electron chi connectivity index (χ0n) is 16.3. The molecule has 29 heavy (non-hydrogen) atoms. The fraction of sp³-hybridized carbons (Fsp3) is 0.286. The van der Waals surface area contributed by atoms with Gasteiger partial charge in [-0.25, -0.2) is 9.78 Å². The van der Waals surface area contributed by atoms with Crippen molar-refractivity contribution in [2.45, 2.75) is 12.5 Å². The molecule has 1 saturated heterocycles. The first-order valence-corrected chi connectivity index (χ1v) is 9.55. The summed E-state index contributed by atoms with van der Waals surface area (Å²) in [5, 5.41) is 0.958. The third kappa shape index (κ3) is 2.71. The number of nitrogens with zero attached hydrogens (tertiary/aromatic N) is 4. The van der Waals surface area contributed by atoms with Gasteiger partial charge in [-0.3, -0.25) is 13.9 Å². The number of fused-ring (bicyclic) bond motifs is 2. The molecule has 1 aliphatic heterocycles. The van der Waals surface area contributed by atoms with Crippen LogP contribution in [0.3, 0.4) is 0 Å². The number of rotatable bonds is 3. The Morgan fingerprint density at radius 2 is 2.14 bits per heavy atom. The minimum absolute atomic E-state index is 0.0658. The first kappa shape index (κ1) is 17.5. The zero-order chi connectivity index (χ0) is 20.1. The topological polar surface area (TPSA) is 85.2 Å². The molecule has 0 radical (unpaired) electrons. The lowest BCUT2D eigenvalue weighted by Gasteiger charge is -2.16. The van der Waals surface area contributed by atoms with Crippen LogP contribution in [0.2, 0.25) is 0 Å². The highest BCUT2D eigenvalue weighted by molar-refractivity contribution is 5.98. The van der Waals surface area contributed by atoms with E-state index in [1.807, 2.05) is 36.4 Å². The van der Waals surface area contributed by atoms with E-state index in [-0.39, 0.29) is 17.6 Å². The fourth-order valence-corrected chi connectivity index (χ4v) is 4.18. The summed E-state index contributed by atoms with van der Waals surface area (Å²) in [4.78, 5) is 35.2. The van der Waals surface area contributed by atoms with E-state index in [9.17, 15) is 9.59 Å². The molecule has 1 atom stereocenters. The fourth-order valence-electron chi connectivity index (χ4n) is 4.18. The largest absolute Gasteiger partial charge is 0.497 e. The van der Waals surface area contributed by atoms with E-state index in [2.05, 4.69) is 9.97 Å². The number of hydrogen-bond acceptors (Lipinski definition) is 4. The van der Waals surface area contributed by atoms with E-state index < -0.39 is 0 Å². The molecule has 0 saturated carbocycles. The lowest BCUT2D eigenvalue weighted by molar-refractivity contribution is 0.0783. The molecule has 5 rings (SSSR count). The maximum Gasteiger partial charge on any atom is 0.330 e. The van der Waals surface area contributed by atoms with E-state index >= 15 is 0 Å². The third-order valence-electron chi connectivity index (χ3n) is 5.72. The normalized spacial score (nSPS) is 16.8. The highest BCUT2D eigenvalue weighted by Crippen LogP contribution is 2.27. The number of nitrogens with one attached hydrogen (secondary N) is 1. The first-order chi connectivity index (χ1) is 14.1. The molecule has 0 aliphatic carbocycles. The number of hydrogen-bond donors (Lipinski definition) is 1. The number of likely N-dealkylation sites (tertiary alicyclic amines) is 1. The number of carbonyl (C=O) groups excluding carboxylic acids is 1. The van der Waals surface area contributed by atoms with Gasteiger partial charge in [-0.1, -0.05) is 0 Å². The van der Waals surface area contributed by atoms with Gasteiger partial charge in [0.2, 0.25) is 0 Å². The number of aromatic nitrogens is 4. The van der Waals surface area contributed by atoms with Crippen LogP contribution >= 0.6 is 0 Å². The molecule has 148 valence electrons. The van der Waals surface area contributed by atoms with Crippen LogP contribution in [0.4, 0.5) is 0 Å². The first-order valence-electron chi connectivity index (χ1n) is 9.55. The Bertz CT molecular complexity index is 1300. The van der Waals surface area contributed by atoms with Gasteiger partial charge in [-0.05, 0) is 36.8 Å². The van der Waals surface area contributed by atoms with Gasteiger partial charge in [0.15, 0.2) is 5.65 Å². The molecule has 0 spiro atoms.